The van der Waals surface area contributed by atoms with Gasteiger partial charge in [0.15, 0.2) is 6.29 Å². The summed E-state index contributed by atoms with van der Waals surface area (Å²) in [5.74, 6) is 1.42. The number of hydrogen-bond acceptors (Lipinski definition) is 6. The van der Waals surface area contributed by atoms with Gasteiger partial charge in [-0.2, -0.15) is 5.06 Å². The Kier molecular flexibility index (Phi) is 4.07. The predicted octanol–water partition coefficient (Wildman–Crippen LogP) is 3.24. The van der Waals surface area contributed by atoms with E-state index in [9.17, 15) is 0 Å². The summed E-state index contributed by atoms with van der Waals surface area (Å²) in [4.78, 5) is 12.0. The van der Waals surface area contributed by atoms with Gasteiger partial charge in [-0.15, -0.1) is 0 Å². The Morgan fingerprint density at radius 3 is 2.60 bits per heavy atom. The Labute approximate surface area is 146 Å². The summed E-state index contributed by atoms with van der Waals surface area (Å²) in [6.45, 7) is 2.51. The fourth-order valence-electron chi connectivity index (χ4n) is 3.17. The molecule has 0 bridgehead atoms. The number of benzene rings is 2. The van der Waals surface area contributed by atoms with E-state index in [2.05, 4.69) is 5.16 Å². The lowest BCUT2D eigenvalue weighted by Crippen LogP contribution is -2.40. The van der Waals surface area contributed by atoms with Gasteiger partial charge in [0.1, 0.15) is 5.75 Å². The van der Waals surface area contributed by atoms with E-state index in [-0.39, 0.29) is 6.29 Å². The number of methoxy groups -OCH3 is 1. The van der Waals surface area contributed by atoms with Gasteiger partial charge >= 0.3 is 0 Å². The van der Waals surface area contributed by atoms with Gasteiger partial charge in [-0.25, -0.2) is 4.84 Å². The number of hydrogen-bond donors (Lipinski definition) is 0. The highest BCUT2D eigenvalue weighted by Crippen LogP contribution is 2.46. The Bertz CT molecular complexity index is 763. The molecule has 25 heavy (non-hydrogen) atoms. The first kappa shape index (κ1) is 15.9. The van der Waals surface area contributed by atoms with Crippen LogP contribution in [0.1, 0.15) is 24.5 Å². The molecule has 1 saturated heterocycles. The molecule has 2 aromatic rings. The molecule has 0 aliphatic carbocycles. The number of rotatable bonds is 5. The van der Waals surface area contributed by atoms with Crippen LogP contribution in [-0.4, -0.2) is 30.9 Å². The van der Waals surface area contributed by atoms with Crippen LogP contribution in [0.2, 0.25) is 0 Å². The summed E-state index contributed by atoms with van der Waals surface area (Å²) in [5.41, 5.74) is 1.03. The normalized spacial score (nSPS) is 24.6. The Balaban J connectivity index is 1.71. The van der Waals surface area contributed by atoms with E-state index < -0.39 is 5.72 Å². The molecule has 0 saturated carbocycles. The van der Waals surface area contributed by atoms with Crippen molar-refractivity contribution in [2.24, 2.45) is 5.16 Å². The average molecular weight is 340 g/mol. The van der Waals surface area contributed by atoms with E-state index in [1.54, 1.807) is 12.2 Å². The summed E-state index contributed by atoms with van der Waals surface area (Å²) >= 11 is 0. The van der Waals surface area contributed by atoms with Crippen molar-refractivity contribution in [3.63, 3.8) is 0 Å². The lowest BCUT2D eigenvalue weighted by atomic mass is 9.98. The molecule has 130 valence electrons. The molecule has 6 nitrogen and oxygen atoms in total. The van der Waals surface area contributed by atoms with Crippen molar-refractivity contribution < 1.29 is 19.1 Å². The molecule has 6 heteroatoms. The molecule has 4 rings (SSSR count). The van der Waals surface area contributed by atoms with Gasteiger partial charge in [0.25, 0.3) is 5.72 Å². The molecule has 0 N–H and O–H groups in total. The molecule has 2 aliphatic rings. The van der Waals surface area contributed by atoms with Gasteiger partial charge in [0, 0.05) is 17.7 Å². The number of fused-ring (bicyclic) bond motifs is 1. The fourth-order valence-corrected chi connectivity index (χ4v) is 3.17. The summed E-state index contributed by atoms with van der Waals surface area (Å²) in [6, 6.07) is 17.6. The van der Waals surface area contributed by atoms with Crippen LogP contribution in [0.25, 0.3) is 0 Å². The first-order chi connectivity index (χ1) is 12.3. The van der Waals surface area contributed by atoms with Gasteiger partial charge in [0.05, 0.1) is 13.5 Å². The van der Waals surface area contributed by atoms with Crippen molar-refractivity contribution in [1.82, 2.24) is 5.06 Å². The average Bonchev–Trinajstić information content (AvgIpc) is 3.19. The first-order valence-corrected chi connectivity index (χ1v) is 8.31. The van der Waals surface area contributed by atoms with Crippen LogP contribution in [-0.2, 0) is 20.1 Å². The third-order valence-corrected chi connectivity index (χ3v) is 4.40. The molecule has 0 unspecified atom stereocenters. The van der Waals surface area contributed by atoms with Crippen LogP contribution in [0.5, 0.6) is 5.75 Å². The number of ether oxygens (including phenoxy) is 2. The highest BCUT2D eigenvalue weighted by molar-refractivity contribution is 5.99. The molecule has 0 radical (unpaired) electrons. The second-order valence-electron chi connectivity index (χ2n) is 5.87. The van der Waals surface area contributed by atoms with Crippen molar-refractivity contribution in [3.05, 3.63) is 65.7 Å². The lowest BCUT2D eigenvalue weighted by Gasteiger charge is -2.28. The van der Waals surface area contributed by atoms with E-state index in [1.807, 2.05) is 61.5 Å². The second kappa shape index (κ2) is 6.38. The predicted molar refractivity (Wildman–Crippen MR) is 91.7 cm³/mol. The Morgan fingerprint density at radius 2 is 1.92 bits per heavy atom. The number of hydroxylamine groups is 2. The van der Waals surface area contributed by atoms with Gasteiger partial charge in [-0.05, 0) is 31.2 Å². The quantitative estimate of drug-likeness (QED) is 0.836. The summed E-state index contributed by atoms with van der Waals surface area (Å²) < 4.78 is 10.9. The summed E-state index contributed by atoms with van der Waals surface area (Å²) in [7, 11) is 1.64. The van der Waals surface area contributed by atoms with Crippen LogP contribution >= 0.6 is 0 Å². The van der Waals surface area contributed by atoms with Gasteiger partial charge in [-0.1, -0.05) is 35.5 Å². The largest absolute Gasteiger partial charge is 0.497 e. The molecule has 2 heterocycles. The number of nitrogens with zero attached hydrogens (tertiary/aromatic N) is 2. The maximum Gasteiger partial charge on any atom is 0.264 e. The van der Waals surface area contributed by atoms with Crippen LogP contribution in [0.15, 0.2) is 59.8 Å². The molecular weight excluding hydrogens is 320 g/mol. The molecule has 0 amide bonds. The summed E-state index contributed by atoms with van der Waals surface area (Å²) in [6.07, 6.45) is 0.133. The van der Waals surface area contributed by atoms with Crippen molar-refractivity contribution >= 4 is 5.84 Å². The van der Waals surface area contributed by atoms with E-state index in [0.717, 1.165) is 16.9 Å². The SMILES string of the molecule is CCO[C@@H]1C[C@]2(c3ccc(OC)cc3)ON=C(c3ccccc3)N2O1. The minimum atomic E-state index is -0.836. The third-order valence-electron chi connectivity index (χ3n) is 4.40. The van der Waals surface area contributed by atoms with Crippen molar-refractivity contribution in [2.75, 3.05) is 13.7 Å². The van der Waals surface area contributed by atoms with E-state index in [1.165, 1.54) is 0 Å². The fraction of sp³-hybridized carbons (Fsp3) is 0.316. The number of amidine groups is 1. The summed E-state index contributed by atoms with van der Waals surface area (Å²) in [5, 5.41) is 6.03. The van der Waals surface area contributed by atoms with Gasteiger partial charge in [-0.3, -0.25) is 0 Å². The molecule has 1 fully saturated rings. The molecule has 0 aromatic heterocycles. The monoisotopic (exact) mass is 340 g/mol. The molecular formula is C19H20N2O4. The standard InChI is InChI=1S/C19H20N2O4/c1-3-23-17-13-19(15-9-11-16(22-2)12-10-15)21(24-17)18(20-25-19)14-7-5-4-6-8-14/h4-12,17H,3,13H2,1-2H3/t17-,19+/m0/s1. The van der Waals surface area contributed by atoms with E-state index >= 15 is 0 Å². The minimum absolute atomic E-state index is 0.388. The van der Waals surface area contributed by atoms with Crippen molar-refractivity contribution in [3.8, 4) is 5.75 Å². The van der Waals surface area contributed by atoms with E-state index in [4.69, 9.17) is 19.1 Å². The zero-order chi connectivity index (χ0) is 17.3. The highest BCUT2D eigenvalue weighted by Gasteiger charge is 2.57. The number of oxime groups is 1. The second-order valence-corrected chi connectivity index (χ2v) is 5.87. The smallest absolute Gasteiger partial charge is 0.264 e. The third kappa shape index (κ3) is 2.63. The molecule has 2 aromatic carbocycles. The zero-order valence-corrected chi connectivity index (χ0v) is 14.2. The topological polar surface area (TPSA) is 52.5 Å². The molecule has 2 atom stereocenters. The Hall–Kier alpha value is -2.57. The maximum atomic E-state index is 6.03. The maximum absolute atomic E-state index is 6.03. The minimum Gasteiger partial charge on any atom is -0.497 e. The molecule has 2 aliphatic heterocycles. The molecule has 0 spiro atoms. The Morgan fingerprint density at radius 1 is 1.16 bits per heavy atom. The lowest BCUT2D eigenvalue weighted by molar-refractivity contribution is -0.237. The van der Waals surface area contributed by atoms with Crippen LogP contribution in [0.4, 0.5) is 0 Å². The van der Waals surface area contributed by atoms with Crippen LogP contribution < -0.4 is 4.74 Å². The van der Waals surface area contributed by atoms with Gasteiger partial charge < -0.3 is 14.3 Å². The van der Waals surface area contributed by atoms with Crippen molar-refractivity contribution in [1.29, 1.82) is 0 Å². The van der Waals surface area contributed by atoms with Crippen LogP contribution in [0.3, 0.4) is 0 Å². The van der Waals surface area contributed by atoms with Crippen LogP contribution in [0, 0.1) is 0 Å². The van der Waals surface area contributed by atoms with E-state index in [0.29, 0.717) is 18.9 Å². The highest BCUT2D eigenvalue weighted by atomic mass is 16.9. The first-order valence-electron chi connectivity index (χ1n) is 8.31. The van der Waals surface area contributed by atoms with Gasteiger partial charge in [0.2, 0.25) is 5.84 Å². The van der Waals surface area contributed by atoms with Crippen molar-refractivity contribution in [2.45, 2.75) is 25.4 Å². The zero-order valence-electron chi connectivity index (χ0n) is 14.2.